The molecule has 0 aliphatic rings. The molecule has 2 N–H and O–H groups in total. The van der Waals surface area contributed by atoms with E-state index in [0.29, 0.717) is 0 Å². The van der Waals surface area contributed by atoms with Crippen LogP contribution in [0.4, 0.5) is 13.2 Å². The van der Waals surface area contributed by atoms with Crippen molar-refractivity contribution in [1.82, 2.24) is 14.5 Å². The number of hydrogen-bond donors (Lipinski definition) is 2. The molecule has 0 aromatic carbocycles. The van der Waals surface area contributed by atoms with Gasteiger partial charge in [-0.25, -0.2) is 8.42 Å². The van der Waals surface area contributed by atoms with Crippen LogP contribution < -0.4 is 0 Å². The van der Waals surface area contributed by atoms with Crippen molar-refractivity contribution < 1.29 is 26.7 Å². The molecule has 1 aromatic heterocycles. The van der Waals surface area contributed by atoms with Crippen LogP contribution in [-0.4, -0.2) is 53.9 Å². The molecule has 6 nitrogen and oxygen atoms in total. The molecular weight excluding hydrogens is 263 g/mol. The molecule has 17 heavy (non-hydrogen) atoms. The third kappa shape index (κ3) is 3.68. The van der Waals surface area contributed by atoms with E-state index in [1.807, 2.05) is 0 Å². The van der Waals surface area contributed by atoms with Crippen LogP contribution in [0.5, 0.6) is 0 Å². The van der Waals surface area contributed by atoms with Gasteiger partial charge in [0, 0.05) is 12.7 Å². The van der Waals surface area contributed by atoms with Crippen molar-refractivity contribution in [2.24, 2.45) is 0 Å². The average molecular weight is 273 g/mol. The lowest BCUT2D eigenvalue weighted by Gasteiger charge is -2.21. The van der Waals surface area contributed by atoms with Crippen LogP contribution in [0.3, 0.4) is 0 Å². The van der Waals surface area contributed by atoms with Gasteiger partial charge in [0.1, 0.15) is 11.4 Å². The number of aliphatic hydroxyl groups is 1. The lowest BCUT2D eigenvalue weighted by molar-refractivity contribution is -0.136. The van der Waals surface area contributed by atoms with Gasteiger partial charge in [0.25, 0.3) is 0 Å². The maximum Gasteiger partial charge on any atom is 0.402 e. The fraction of sp³-hybridized carbons (Fsp3) is 0.571. The minimum absolute atomic E-state index is 0.151. The molecule has 0 aliphatic carbocycles. The number of nitrogens with zero attached hydrogens (tertiary/aromatic N) is 2. The van der Waals surface area contributed by atoms with Gasteiger partial charge < -0.3 is 5.11 Å². The van der Waals surface area contributed by atoms with Gasteiger partial charge in [0.05, 0.1) is 12.8 Å². The molecule has 98 valence electrons. The topological polar surface area (TPSA) is 86.3 Å². The van der Waals surface area contributed by atoms with Gasteiger partial charge in [-0.3, -0.25) is 5.10 Å². The summed E-state index contributed by atoms with van der Waals surface area (Å²) in [6.45, 7) is -2.98. The third-order valence-electron chi connectivity index (χ3n) is 1.82. The Morgan fingerprint density at radius 1 is 1.47 bits per heavy atom. The molecule has 0 saturated carbocycles. The number of alkyl halides is 3. The summed E-state index contributed by atoms with van der Waals surface area (Å²) in [5.41, 5.74) is 0. The van der Waals surface area contributed by atoms with Crippen LogP contribution >= 0.6 is 0 Å². The zero-order chi connectivity index (χ0) is 13.1. The van der Waals surface area contributed by atoms with Gasteiger partial charge in [0.15, 0.2) is 0 Å². The molecule has 1 rings (SSSR count). The SMILES string of the molecule is O=S(=O)(c1cn[nH]c1)N(CCO)CC(F)(F)F. The lowest BCUT2D eigenvalue weighted by atomic mass is 10.6. The molecule has 10 heteroatoms. The Morgan fingerprint density at radius 2 is 2.12 bits per heavy atom. The quantitative estimate of drug-likeness (QED) is 0.788. The normalized spacial score (nSPS) is 13.2. The number of nitrogens with one attached hydrogen (secondary N) is 1. The molecule has 0 fully saturated rings. The molecule has 0 radical (unpaired) electrons. The minimum atomic E-state index is -4.67. The number of hydrogen-bond acceptors (Lipinski definition) is 4. The summed E-state index contributed by atoms with van der Waals surface area (Å²) in [4.78, 5) is -0.379. The zero-order valence-corrected chi connectivity index (χ0v) is 9.29. The van der Waals surface area contributed by atoms with Crippen molar-refractivity contribution in [2.75, 3.05) is 19.7 Å². The summed E-state index contributed by atoms with van der Waals surface area (Å²) in [5, 5.41) is 14.1. The molecule has 0 atom stereocenters. The highest BCUT2D eigenvalue weighted by Crippen LogP contribution is 2.21. The highest BCUT2D eigenvalue weighted by Gasteiger charge is 2.37. The second-order valence-corrected chi connectivity index (χ2v) is 5.05. The highest BCUT2D eigenvalue weighted by atomic mass is 32.2. The van der Waals surface area contributed by atoms with Gasteiger partial charge >= 0.3 is 6.18 Å². The summed E-state index contributed by atoms with van der Waals surface area (Å²) in [6, 6.07) is 0. The predicted octanol–water partition coefficient (Wildman–Crippen LogP) is -0.0450. The monoisotopic (exact) mass is 273 g/mol. The Hall–Kier alpha value is -1.13. The second kappa shape index (κ2) is 5.02. The van der Waals surface area contributed by atoms with E-state index in [-0.39, 0.29) is 9.20 Å². The van der Waals surface area contributed by atoms with Crippen molar-refractivity contribution in [2.45, 2.75) is 11.1 Å². The second-order valence-electron chi connectivity index (χ2n) is 3.11. The molecule has 0 spiro atoms. The molecular formula is C7H10F3N3O3S. The fourth-order valence-electron chi connectivity index (χ4n) is 1.12. The summed E-state index contributed by atoms with van der Waals surface area (Å²) < 4.78 is 60.2. The highest BCUT2D eigenvalue weighted by molar-refractivity contribution is 7.89. The number of aromatic amines is 1. The summed E-state index contributed by atoms with van der Waals surface area (Å²) in [7, 11) is -4.29. The Bertz CT molecular complexity index is 443. The van der Waals surface area contributed by atoms with E-state index < -0.39 is 35.9 Å². The van der Waals surface area contributed by atoms with Crippen LogP contribution in [-0.2, 0) is 10.0 Å². The predicted molar refractivity (Wildman–Crippen MR) is 50.5 cm³/mol. The Morgan fingerprint density at radius 3 is 2.53 bits per heavy atom. The average Bonchev–Trinajstić information content (AvgIpc) is 2.68. The first-order chi connectivity index (χ1) is 7.77. The minimum Gasteiger partial charge on any atom is -0.395 e. The van der Waals surface area contributed by atoms with E-state index in [1.165, 1.54) is 0 Å². The first-order valence-corrected chi connectivity index (χ1v) is 5.88. The van der Waals surface area contributed by atoms with Crippen LogP contribution in [0.25, 0.3) is 0 Å². The van der Waals surface area contributed by atoms with Crippen molar-refractivity contribution in [1.29, 1.82) is 0 Å². The standard InChI is InChI=1S/C7H10F3N3O3S/c8-7(9,10)5-13(1-2-14)17(15,16)6-3-11-12-4-6/h3-4,14H,1-2,5H2,(H,11,12). The summed E-state index contributed by atoms with van der Waals surface area (Å²) in [5.74, 6) is 0. The zero-order valence-electron chi connectivity index (χ0n) is 8.48. The molecule has 0 unspecified atom stereocenters. The van der Waals surface area contributed by atoms with Crippen molar-refractivity contribution in [3.05, 3.63) is 12.4 Å². The molecule has 1 heterocycles. The number of aliphatic hydroxyl groups excluding tert-OH is 1. The van der Waals surface area contributed by atoms with Crippen LogP contribution in [0, 0.1) is 0 Å². The molecule has 1 aromatic rings. The molecule has 0 amide bonds. The van der Waals surface area contributed by atoms with E-state index in [2.05, 4.69) is 10.2 Å². The number of halogens is 3. The summed E-state index contributed by atoms with van der Waals surface area (Å²) in [6.07, 6.45) is -2.81. The van der Waals surface area contributed by atoms with Crippen LogP contribution in [0.2, 0.25) is 0 Å². The van der Waals surface area contributed by atoms with Crippen molar-refractivity contribution in [3.8, 4) is 0 Å². The molecule has 0 saturated heterocycles. The Balaban J connectivity index is 2.99. The van der Waals surface area contributed by atoms with E-state index in [9.17, 15) is 21.6 Å². The smallest absolute Gasteiger partial charge is 0.395 e. The van der Waals surface area contributed by atoms with Crippen LogP contribution in [0.15, 0.2) is 17.3 Å². The van der Waals surface area contributed by atoms with Crippen molar-refractivity contribution in [3.63, 3.8) is 0 Å². The van der Waals surface area contributed by atoms with Gasteiger partial charge in [-0.2, -0.15) is 22.6 Å². The van der Waals surface area contributed by atoms with Gasteiger partial charge in [-0.15, -0.1) is 0 Å². The van der Waals surface area contributed by atoms with E-state index in [4.69, 9.17) is 5.11 Å². The number of aromatic nitrogens is 2. The van der Waals surface area contributed by atoms with E-state index in [0.717, 1.165) is 12.4 Å². The Kier molecular flexibility index (Phi) is 4.11. The maximum atomic E-state index is 12.2. The first-order valence-electron chi connectivity index (χ1n) is 4.44. The van der Waals surface area contributed by atoms with Gasteiger partial charge in [-0.1, -0.05) is 0 Å². The van der Waals surface area contributed by atoms with Gasteiger partial charge in [-0.05, 0) is 0 Å². The third-order valence-corrected chi connectivity index (χ3v) is 3.63. The number of H-pyrrole nitrogens is 1. The van der Waals surface area contributed by atoms with E-state index in [1.54, 1.807) is 0 Å². The molecule has 0 bridgehead atoms. The Labute approximate surface area is 95.1 Å². The van der Waals surface area contributed by atoms with E-state index >= 15 is 0 Å². The van der Waals surface area contributed by atoms with Gasteiger partial charge in [0.2, 0.25) is 10.0 Å². The lowest BCUT2D eigenvalue weighted by Crippen LogP contribution is -2.40. The molecule has 0 aliphatic heterocycles. The fourth-order valence-corrected chi connectivity index (χ4v) is 2.45. The largest absolute Gasteiger partial charge is 0.402 e. The van der Waals surface area contributed by atoms with Crippen LogP contribution in [0.1, 0.15) is 0 Å². The summed E-state index contributed by atoms with van der Waals surface area (Å²) >= 11 is 0. The maximum absolute atomic E-state index is 12.2. The number of rotatable bonds is 5. The van der Waals surface area contributed by atoms with Crippen molar-refractivity contribution >= 4 is 10.0 Å². The first kappa shape index (κ1) is 13.9. The number of sulfonamides is 1.